The maximum atomic E-state index is 12.5. The van der Waals surface area contributed by atoms with E-state index in [1.165, 1.54) is 0 Å². The fourth-order valence-corrected chi connectivity index (χ4v) is 4.22. The predicted molar refractivity (Wildman–Crippen MR) is 78.7 cm³/mol. The van der Waals surface area contributed by atoms with Crippen LogP contribution in [-0.4, -0.2) is 25.5 Å². The maximum absolute atomic E-state index is 12.5. The van der Waals surface area contributed by atoms with Crippen LogP contribution < -0.4 is 10.0 Å². The Morgan fingerprint density at radius 3 is 2.68 bits per heavy atom. The van der Waals surface area contributed by atoms with Crippen LogP contribution in [0, 0.1) is 0 Å². The molecular weight excluding hydrogens is 330 g/mol. The monoisotopic (exact) mass is 347 g/mol. The molecule has 19 heavy (non-hydrogen) atoms. The summed E-state index contributed by atoms with van der Waals surface area (Å²) in [5.74, 6) is 0.390. The minimum atomic E-state index is -3.56. The van der Waals surface area contributed by atoms with Gasteiger partial charge in [0.05, 0.1) is 0 Å². The minimum absolute atomic E-state index is 0.192. The van der Waals surface area contributed by atoms with Crippen LogP contribution in [0.25, 0.3) is 0 Å². The topological polar surface area (TPSA) is 71.1 Å². The van der Waals surface area contributed by atoms with Gasteiger partial charge in [0.15, 0.2) is 0 Å². The number of nitrogens with one attached hydrogen (secondary N) is 2. The standard InChI is InChI=1S/C12H18BrN3O2S/c1-3-14-11-10(7-9(13)8-15-11)19(17,18)16-12(2)5-4-6-12/h7-8,16H,3-6H2,1-2H3,(H,14,15). The number of sulfonamides is 1. The number of nitrogens with zero attached hydrogens (tertiary/aromatic N) is 1. The first-order valence-electron chi connectivity index (χ1n) is 6.30. The molecule has 0 radical (unpaired) electrons. The second kappa shape index (κ2) is 5.38. The van der Waals surface area contributed by atoms with Crippen molar-refractivity contribution < 1.29 is 8.42 Å². The Bertz CT molecular complexity index is 570. The smallest absolute Gasteiger partial charge is 0.244 e. The van der Waals surface area contributed by atoms with Gasteiger partial charge in [0.1, 0.15) is 10.7 Å². The van der Waals surface area contributed by atoms with E-state index >= 15 is 0 Å². The normalized spacial score (nSPS) is 17.8. The second-order valence-corrected chi connectivity index (χ2v) is 7.62. The third-order valence-corrected chi connectivity index (χ3v) is 5.38. The summed E-state index contributed by atoms with van der Waals surface area (Å²) in [6.07, 6.45) is 4.41. The molecule has 0 aromatic carbocycles. The van der Waals surface area contributed by atoms with Gasteiger partial charge in [0.25, 0.3) is 0 Å². The molecule has 1 aromatic heterocycles. The van der Waals surface area contributed by atoms with Gasteiger partial charge in [0, 0.05) is 22.8 Å². The van der Waals surface area contributed by atoms with Gasteiger partial charge in [-0.1, -0.05) is 0 Å². The van der Waals surface area contributed by atoms with Gasteiger partial charge in [-0.2, -0.15) is 0 Å². The number of halogens is 1. The molecule has 106 valence electrons. The number of hydrogen-bond acceptors (Lipinski definition) is 4. The van der Waals surface area contributed by atoms with Crippen LogP contribution in [0.3, 0.4) is 0 Å². The number of hydrogen-bond donors (Lipinski definition) is 2. The molecule has 7 heteroatoms. The summed E-state index contributed by atoms with van der Waals surface area (Å²) >= 11 is 3.27. The molecule has 2 N–H and O–H groups in total. The highest BCUT2D eigenvalue weighted by Crippen LogP contribution is 2.33. The van der Waals surface area contributed by atoms with E-state index in [4.69, 9.17) is 0 Å². The van der Waals surface area contributed by atoms with E-state index in [0.29, 0.717) is 16.8 Å². The van der Waals surface area contributed by atoms with Gasteiger partial charge in [-0.25, -0.2) is 18.1 Å². The summed E-state index contributed by atoms with van der Waals surface area (Å²) in [6, 6.07) is 1.58. The van der Waals surface area contributed by atoms with Crippen molar-refractivity contribution in [2.45, 2.75) is 43.5 Å². The Morgan fingerprint density at radius 1 is 1.47 bits per heavy atom. The summed E-state index contributed by atoms with van der Waals surface area (Å²) in [7, 11) is -3.56. The van der Waals surface area contributed by atoms with Gasteiger partial charge in [-0.15, -0.1) is 0 Å². The van der Waals surface area contributed by atoms with Crippen molar-refractivity contribution in [1.29, 1.82) is 0 Å². The molecule has 1 aliphatic carbocycles. The average Bonchev–Trinajstić information content (AvgIpc) is 2.29. The lowest BCUT2D eigenvalue weighted by molar-refractivity contribution is 0.248. The van der Waals surface area contributed by atoms with Crippen LogP contribution >= 0.6 is 15.9 Å². The summed E-state index contributed by atoms with van der Waals surface area (Å²) in [4.78, 5) is 4.32. The Kier molecular flexibility index (Phi) is 4.17. The van der Waals surface area contributed by atoms with E-state index in [1.54, 1.807) is 12.3 Å². The minimum Gasteiger partial charge on any atom is -0.369 e. The van der Waals surface area contributed by atoms with Crippen molar-refractivity contribution >= 4 is 31.8 Å². The van der Waals surface area contributed by atoms with Crippen LogP contribution in [0.1, 0.15) is 33.1 Å². The van der Waals surface area contributed by atoms with Crippen LogP contribution in [0.4, 0.5) is 5.82 Å². The van der Waals surface area contributed by atoms with Crippen molar-refractivity contribution in [2.75, 3.05) is 11.9 Å². The third-order valence-electron chi connectivity index (χ3n) is 3.29. The maximum Gasteiger partial charge on any atom is 0.244 e. The predicted octanol–water partition coefficient (Wildman–Crippen LogP) is 2.50. The van der Waals surface area contributed by atoms with Crippen molar-refractivity contribution in [3.63, 3.8) is 0 Å². The van der Waals surface area contributed by atoms with E-state index in [-0.39, 0.29) is 10.4 Å². The van der Waals surface area contributed by atoms with Gasteiger partial charge >= 0.3 is 0 Å². The lowest BCUT2D eigenvalue weighted by atomic mass is 9.80. The van der Waals surface area contributed by atoms with Crippen molar-refractivity contribution in [3.8, 4) is 0 Å². The lowest BCUT2D eigenvalue weighted by Gasteiger charge is -2.38. The molecule has 1 fully saturated rings. The van der Waals surface area contributed by atoms with E-state index in [9.17, 15) is 8.42 Å². The highest BCUT2D eigenvalue weighted by atomic mass is 79.9. The number of anilines is 1. The van der Waals surface area contributed by atoms with Gasteiger partial charge < -0.3 is 5.32 Å². The highest BCUT2D eigenvalue weighted by molar-refractivity contribution is 9.10. The zero-order valence-electron chi connectivity index (χ0n) is 11.0. The first-order valence-corrected chi connectivity index (χ1v) is 8.57. The fourth-order valence-electron chi connectivity index (χ4n) is 2.11. The first kappa shape index (κ1) is 14.7. The number of pyridine rings is 1. The zero-order valence-corrected chi connectivity index (χ0v) is 13.4. The molecule has 0 saturated heterocycles. The quantitative estimate of drug-likeness (QED) is 0.858. The zero-order chi connectivity index (χ0) is 14.1. The highest BCUT2D eigenvalue weighted by Gasteiger charge is 2.37. The lowest BCUT2D eigenvalue weighted by Crippen LogP contribution is -2.50. The number of rotatable bonds is 5. The van der Waals surface area contributed by atoms with Gasteiger partial charge in [-0.3, -0.25) is 0 Å². The van der Waals surface area contributed by atoms with Crippen molar-refractivity contribution in [1.82, 2.24) is 9.71 Å². The summed E-state index contributed by atoms with van der Waals surface area (Å²) in [6.45, 7) is 4.46. The molecular formula is C12H18BrN3O2S. The van der Waals surface area contributed by atoms with Crippen molar-refractivity contribution in [3.05, 3.63) is 16.7 Å². The SMILES string of the molecule is CCNc1ncc(Br)cc1S(=O)(=O)NC1(C)CCC1. The molecule has 0 bridgehead atoms. The number of aromatic nitrogens is 1. The van der Waals surface area contributed by atoms with Crippen LogP contribution in [-0.2, 0) is 10.0 Å². The molecule has 1 aliphatic rings. The molecule has 0 amide bonds. The molecule has 0 spiro atoms. The average molecular weight is 348 g/mol. The Labute approximate surface area is 122 Å². The molecule has 2 rings (SSSR count). The molecule has 1 aromatic rings. The Hall–Kier alpha value is -0.660. The largest absolute Gasteiger partial charge is 0.369 e. The van der Waals surface area contributed by atoms with Crippen molar-refractivity contribution in [2.24, 2.45) is 0 Å². The first-order chi connectivity index (χ1) is 8.86. The molecule has 0 atom stereocenters. The van der Waals surface area contributed by atoms with Gasteiger partial charge in [0.2, 0.25) is 10.0 Å². The van der Waals surface area contributed by atoms with Crippen LogP contribution in [0.2, 0.25) is 0 Å². The molecule has 0 unspecified atom stereocenters. The molecule has 1 saturated carbocycles. The second-order valence-electron chi connectivity index (χ2n) is 5.05. The van der Waals surface area contributed by atoms with Gasteiger partial charge in [-0.05, 0) is 55.1 Å². The molecule has 5 nitrogen and oxygen atoms in total. The summed E-state index contributed by atoms with van der Waals surface area (Å²) in [5.41, 5.74) is -0.315. The fraction of sp³-hybridized carbons (Fsp3) is 0.583. The van der Waals surface area contributed by atoms with E-state index < -0.39 is 10.0 Å². The third kappa shape index (κ3) is 3.27. The summed E-state index contributed by atoms with van der Waals surface area (Å²) in [5, 5.41) is 2.98. The van der Waals surface area contributed by atoms with E-state index in [0.717, 1.165) is 19.3 Å². The van der Waals surface area contributed by atoms with Crippen LogP contribution in [0.15, 0.2) is 21.6 Å². The Balaban J connectivity index is 2.35. The van der Waals surface area contributed by atoms with E-state index in [1.807, 2.05) is 13.8 Å². The molecule has 1 heterocycles. The summed E-state index contributed by atoms with van der Waals surface area (Å²) < 4.78 is 28.4. The van der Waals surface area contributed by atoms with Crippen LogP contribution in [0.5, 0.6) is 0 Å². The Morgan fingerprint density at radius 2 is 2.16 bits per heavy atom. The van der Waals surface area contributed by atoms with E-state index in [2.05, 4.69) is 31.0 Å². The molecule has 0 aliphatic heterocycles.